The molecule has 1 rings (SSSR count). The van der Waals surface area contributed by atoms with E-state index in [9.17, 15) is 4.79 Å². The van der Waals surface area contributed by atoms with Crippen LogP contribution in [0.25, 0.3) is 0 Å². The number of carbonyl (C=O) groups is 1. The van der Waals surface area contributed by atoms with Crippen LogP contribution in [0.1, 0.15) is 54.6 Å². The first-order valence-corrected chi connectivity index (χ1v) is 6.14. The van der Waals surface area contributed by atoms with Gasteiger partial charge in [0, 0.05) is 18.0 Å². The predicted molar refractivity (Wildman–Crippen MR) is 72.0 cm³/mol. The first-order chi connectivity index (χ1) is 8.15. The maximum absolute atomic E-state index is 11.8. The first kappa shape index (κ1) is 13.7. The second-order valence-electron chi connectivity index (χ2n) is 4.37. The van der Waals surface area contributed by atoms with Gasteiger partial charge in [0.1, 0.15) is 0 Å². The van der Waals surface area contributed by atoms with Crippen LogP contribution in [0.4, 0.5) is 0 Å². The zero-order valence-electron chi connectivity index (χ0n) is 10.5. The van der Waals surface area contributed by atoms with Gasteiger partial charge in [-0.05, 0) is 31.7 Å². The molecule has 0 unspecified atom stereocenters. The fraction of sp³-hybridized carbons (Fsp3) is 0.400. The van der Waals surface area contributed by atoms with E-state index in [-0.39, 0.29) is 11.8 Å². The fourth-order valence-electron chi connectivity index (χ4n) is 1.69. The smallest absolute Gasteiger partial charge is 0.162 e. The number of ketones is 1. The van der Waals surface area contributed by atoms with E-state index in [2.05, 4.69) is 6.58 Å². The van der Waals surface area contributed by atoms with Crippen molar-refractivity contribution < 1.29 is 4.79 Å². The van der Waals surface area contributed by atoms with Gasteiger partial charge >= 0.3 is 0 Å². The summed E-state index contributed by atoms with van der Waals surface area (Å²) < 4.78 is 0. The third kappa shape index (κ3) is 4.53. The molecule has 1 atom stereocenters. The summed E-state index contributed by atoms with van der Waals surface area (Å²) in [6.45, 7) is 5.60. The van der Waals surface area contributed by atoms with Gasteiger partial charge < -0.3 is 5.73 Å². The standard InChI is InChI=1S/C15H21NO/c1-3-4-5-6-7-15(17)14-10-8-13(9-11-14)12(2)16/h3,8-12H,1,4-7,16H2,2H3/t12-/m0/s1. The predicted octanol–water partition coefficient (Wildman–Crippen LogP) is 3.64. The minimum Gasteiger partial charge on any atom is -0.324 e. The number of carbonyl (C=O) groups excluding carboxylic acids is 1. The summed E-state index contributed by atoms with van der Waals surface area (Å²) in [5.74, 6) is 0.213. The van der Waals surface area contributed by atoms with E-state index in [4.69, 9.17) is 5.73 Å². The fourth-order valence-corrected chi connectivity index (χ4v) is 1.69. The van der Waals surface area contributed by atoms with Gasteiger partial charge in [-0.15, -0.1) is 6.58 Å². The molecular weight excluding hydrogens is 210 g/mol. The molecule has 0 aromatic heterocycles. The summed E-state index contributed by atoms with van der Waals surface area (Å²) in [4.78, 5) is 11.8. The van der Waals surface area contributed by atoms with Crippen LogP contribution in [0.2, 0.25) is 0 Å². The average Bonchev–Trinajstić information content (AvgIpc) is 2.34. The molecular formula is C15H21NO. The SMILES string of the molecule is C=CCCCCC(=O)c1ccc([C@H](C)N)cc1. The summed E-state index contributed by atoms with van der Waals surface area (Å²) in [5, 5.41) is 0. The number of nitrogens with two attached hydrogens (primary N) is 1. The lowest BCUT2D eigenvalue weighted by Gasteiger charge is -2.06. The van der Waals surface area contributed by atoms with Crippen molar-refractivity contribution in [1.82, 2.24) is 0 Å². The molecule has 17 heavy (non-hydrogen) atoms. The van der Waals surface area contributed by atoms with Crippen LogP contribution in [0, 0.1) is 0 Å². The quantitative estimate of drug-likeness (QED) is 0.442. The van der Waals surface area contributed by atoms with Crippen molar-refractivity contribution >= 4 is 5.78 Å². The second-order valence-corrected chi connectivity index (χ2v) is 4.37. The summed E-state index contributed by atoms with van der Waals surface area (Å²) in [6.07, 6.45) is 5.46. The van der Waals surface area contributed by atoms with Crippen LogP contribution >= 0.6 is 0 Å². The maximum Gasteiger partial charge on any atom is 0.162 e. The Morgan fingerprint density at radius 2 is 2.00 bits per heavy atom. The molecule has 0 aliphatic rings. The van der Waals surface area contributed by atoms with Gasteiger partial charge in [-0.25, -0.2) is 0 Å². The molecule has 0 aliphatic heterocycles. The van der Waals surface area contributed by atoms with Gasteiger partial charge in [0.15, 0.2) is 5.78 Å². The Kier molecular flexibility index (Phi) is 5.64. The summed E-state index contributed by atoms with van der Waals surface area (Å²) in [6, 6.07) is 7.62. The summed E-state index contributed by atoms with van der Waals surface area (Å²) >= 11 is 0. The molecule has 2 nitrogen and oxygen atoms in total. The van der Waals surface area contributed by atoms with Crippen molar-refractivity contribution in [3.63, 3.8) is 0 Å². The average molecular weight is 231 g/mol. The van der Waals surface area contributed by atoms with E-state index in [1.54, 1.807) is 0 Å². The maximum atomic E-state index is 11.8. The van der Waals surface area contributed by atoms with Gasteiger partial charge in [-0.1, -0.05) is 30.3 Å². The van der Waals surface area contributed by atoms with Crippen molar-refractivity contribution in [2.75, 3.05) is 0 Å². The lowest BCUT2D eigenvalue weighted by Crippen LogP contribution is -2.05. The van der Waals surface area contributed by atoms with Gasteiger partial charge in [-0.3, -0.25) is 4.79 Å². The van der Waals surface area contributed by atoms with E-state index in [0.29, 0.717) is 6.42 Å². The second kappa shape index (κ2) is 7.02. The molecule has 0 aliphatic carbocycles. The number of rotatable bonds is 7. The Balaban J connectivity index is 2.49. The number of hydrogen-bond acceptors (Lipinski definition) is 2. The van der Waals surface area contributed by atoms with E-state index >= 15 is 0 Å². The number of unbranched alkanes of at least 4 members (excludes halogenated alkanes) is 2. The van der Waals surface area contributed by atoms with Crippen molar-refractivity contribution in [3.05, 3.63) is 48.0 Å². The Morgan fingerprint density at radius 3 is 2.53 bits per heavy atom. The zero-order chi connectivity index (χ0) is 12.7. The molecule has 0 saturated heterocycles. The largest absolute Gasteiger partial charge is 0.324 e. The topological polar surface area (TPSA) is 43.1 Å². The van der Waals surface area contributed by atoms with Gasteiger partial charge in [-0.2, -0.15) is 0 Å². The highest BCUT2D eigenvalue weighted by Gasteiger charge is 2.06. The van der Waals surface area contributed by atoms with E-state index in [0.717, 1.165) is 30.4 Å². The molecule has 2 N–H and O–H groups in total. The normalized spacial score (nSPS) is 12.1. The van der Waals surface area contributed by atoms with E-state index in [1.165, 1.54) is 0 Å². The molecule has 0 bridgehead atoms. The van der Waals surface area contributed by atoms with Crippen molar-refractivity contribution in [1.29, 1.82) is 0 Å². The number of benzene rings is 1. The Labute approximate surface area is 104 Å². The molecule has 0 saturated carbocycles. The summed E-state index contributed by atoms with van der Waals surface area (Å²) in [5.41, 5.74) is 7.61. The molecule has 2 heteroatoms. The van der Waals surface area contributed by atoms with Gasteiger partial charge in [0.05, 0.1) is 0 Å². The van der Waals surface area contributed by atoms with Crippen LogP contribution in [0.3, 0.4) is 0 Å². The highest BCUT2D eigenvalue weighted by atomic mass is 16.1. The third-order valence-electron chi connectivity index (χ3n) is 2.82. The van der Waals surface area contributed by atoms with Crippen LogP contribution in [-0.2, 0) is 0 Å². The molecule has 92 valence electrons. The van der Waals surface area contributed by atoms with Crippen LogP contribution in [0.15, 0.2) is 36.9 Å². The summed E-state index contributed by atoms with van der Waals surface area (Å²) in [7, 11) is 0. The van der Waals surface area contributed by atoms with Crippen LogP contribution in [-0.4, -0.2) is 5.78 Å². The molecule has 0 amide bonds. The lowest BCUT2D eigenvalue weighted by molar-refractivity contribution is 0.0979. The molecule has 1 aromatic carbocycles. The van der Waals surface area contributed by atoms with Crippen molar-refractivity contribution in [3.8, 4) is 0 Å². The van der Waals surface area contributed by atoms with Gasteiger partial charge in [0.2, 0.25) is 0 Å². The first-order valence-electron chi connectivity index (χ1n) is 6.14. The lowest BCUT2D eigenvalue weighted by atomic mass is 10.0. The minimum absolute atomic E-state index is 0.0201. The number of hydrogen-bond donors (Lipinski definition) is 1. The highest BCUT2D eigenvalue weighted by molar-refractivity contribution is 5.96. The minimum atomic E-state index is 0.0201. The highest BCUT2D eigenvalue weighted by Crippen LogP contribution is 2.13. The Bertz CT molecular complexity index is 365. The molecule has 0 heterocycles. The third-order valence-corrected chi connectivity index (χ3v) is 2.82. The van der Waals surface area contributed by atoms with Crippen LogP contribution < -0.4 is 5.73 Å². The van der Waals surface area contributed by atoms with Crippen LogP contribution in [0.5, 0.6) is 0 Å². The number of allylic oxidation sites excluding steroid dienone is 1. The Morgan fingerprint density at radius 1 is 1.35 bits per heavy atom. The van der Waals surface area contributed by atoms with Gasteiger partial charge in [0.25, 0.3) is 0 Å². The molecule has 0 fully saturated rings. The molecule has 0 spiro atoms. The Hall–Kier alpha value is -1.41. The van der Waals surface area contributed by atoms with Crippen molar-refractivity contribution in [2.45, 2.75) is 38.6 Å². The molecule has 0 radical (unpaired) electrons. The zero-order valence-corrected chi connectivity index (χ0v) is 10.5. The van der Waals surface area contributed by atoms with Crippen molar-refractivity contribution in [2.24, 2.45) is 5.73 Å². The van der Waals surface area contributed by atoms with E-state index in [1.807, 2.05) is 37.3 Å². The molecule has 1 aromatic rings. The number of Topliss-reactive ketones (excluding diaryl/α,β-unsaturated/α-hetero) is 1. The van der Waals surface area contributed by atoms with E-state index < -0.39 is 0 Å². The monoisotopic (exact) mass is 231 g/mol.